The summed E-state index contributed by atoms with van der Waals surface area (Å²) in [7, 11) is 5.44. The van der Waals surface area contributed by atoms with Gasteiger partial charge in [-0.3, -0.25) is 9.79 Å². The van der Waals surface area contributed by atoms with E-state index in [4.69, 9.17) is 0 Å². The quantitative estimate of drug-likeness (QED) is 0.629. The number of aliphatic imine (C=N–C) groups is 1. The summed E-state index contributed by atoms with van der Waals surface area (Å²) in [6.45, 7) is 2.79. The minimum atomic E-state index is 0.120. The largest absolute Gasteiger partial charge is 0.354 e. The molecule has 1 aliphatic carbocycles. The fraction of sp³-hybridized carbons (Fsp3) is 0.706. The first-order valence-corrected chi connectivity index (χ1v) is 9.53. The van der Waals surface area contributed by atoms with Gasteiger partial charge in [-0.25, -0.2) is 4.98 Å². The monoisotopic (exact) mass is 351 g/mol. The van der Waals surface area contributed by atoms with E-state index in [-0.39, 0.29) is 11.8 Å². The zero-order chi connectivity index (χ0) is 17.5. The summed E-state index contributed by atoms with van der Waals surface area (Å²) in [6, 6.07) is 0.292. The molecule has 1 aliphatic rings. The Morgan fingerprint density at radius 2 is 2.25 bits per heavy atom. The number of amides is 1. The van der Waals surface area contributed by atoms with E-state index in [0.29, 0.717) is 12.6 Å². The van der Waals surface area contributed by atoms with E-state index in [9.17, 15) is 4.79 Å². The molecule has 2 atom stereocenters. The number of nitrogens with zero attached hydrogens (tertiary/aromatic N) is 3. The molecule has 1 aromatic heterocycles. The lowest BCUT2D eigenvalue weighted by Crippen LogP contribution is -2.46. The smallest absolute Gasteiger partial charge is 0.225 e. The van der Waals surface area contributed by atoms with Crippen LogP contribution in [-0.4, -0.2) is 48.9 Å². The van der Waals surface area contributed by atoms with Crippen LogP contribution < -0.4 is 10.6 Å². The average Bonchev–Trinajstić information content (AvgIpc) is 3.06. The molecule has 1 amide bonds. The third kappa shape index (κ3) is 5.19. The Kier molecular flexibility index (Phi) is 7.02. The van der Waals surface area contributed by atoms with Gasteiger partial charge in [0.1, 0.15) is 0 Å². The average molecular weight is 352 g/mol. The molecule has 0 spiro atoms. The summed E-state index contributed by atoms with van der Waals surface area (Å²) in [5.74, 6) is 1.14. The molecular formula is C17H29N5OS. The second kappa shape index (κ2) is 9.01. The van der Waals surface area contributed by atoms with Crippen LogP contribution in [0.25, 0.3) is 0 Å². The molecule has 0 aliphatic heterocycles. The molecule has 0 saturated heterocycles. The maximum absolute atomic E-state index is 12.2. The molecule has 6 nitrogen and oxygen atoms in total. The maximum atomic E-state index is 12.2. The third-order valence-electron chi connectivity index (χ3n) is 4.37. The van der Waals surface area contributed by atoms with Gasteiger partial charge in [0.2, 0.25) is 5.91 Å². The number of hydrogen-bond donors (Lipinski definition) is 2. The normalized spacial score (nSPS) is 21.4. The molecule has 7 heteroatoms. The third-order valence-corrected chi connectivity index (χ3v) is 5.41. The molecule has 0 aromatic carbocycles. The van der Waals surface area contributed by atoms with Crippen LogP contribution in [0, 0.1) is 5.92 Å². The van der Waals surface area contributed by atoms with Gasteiger partial charge in [-0.1, -0.05) is 13.3 Å². The Morgan fingerprint density at radius 1 is 1.46 bits per heavy atom. The highest BCUT2D eigenvalue weighted by Crippen LogP contribution is 2.25. The second-order valence-corrected chi connectivity index (χ2v) is 7.39. The molecular weight excluding hydrogens is 322 g/mol. The van der Waals surface area contributed by atoms with Crippen molar-refractivity contribution in [3.8, 4) is 0 Å². The molecule has 24 heavy (non-hydrogen) atoms. The lowest BCUT2D eigenvalue weighted by molar-refractivity contribution is -0.134. The Hall–Kier alpha value is -1.63. The van der Waals surface area contributed by atoms with Crippen molar-refractivity contribution in [2.24, 2.45) is 10.9 Å². The van der Waals surface area contributed by atoms with Crippen molar-refractivity contribution in [2.45, 2.75) is 51.6 Å². The minimum absolute atomic E-state index is 0.120. The van der Waals surface area contributed by atoms with Crippen LogP contribution >= 0.6 is 11.3 Å². The molecule has 2 unspecified atom stereocenters. The first kappa shape index (κ1) is 18.7. The minimum Gasteiger partial charge on any atom is -0.354 e. The van der Waals surface area contributed by atoms with Gasteiger partial charge >= 0.3 is 0 Å². The van der Waals surface area contributed by atoms with Crippen LogP contribution in [0.1, 0.15) is 43.3 Å². The van der Waals surface area contributed by atoms with E-state index in [1.54, 1.807) is 23.3 Å². The van der Waals surface area contributed by atoms with Crippen molar-refractivity contribution < 1.29 is 4.79 Å². The number of guanidine groups is 1. The van der Waals surface area contributed by atoms with Crippen molar-refractivity contribution in [2.75, 3.05) is 21.1 Å². The van der Waals surface area contributed by atoms with Crippen LogP contribution in [0.3, 0.4) is 0 Å². The standard InChI is InChI=1S/C17H29N5OS/c1-5-15-20-14(11-24-15)10-19-17(18-2)21-13-8-6-7-12(9-13)16(23)22(3)4/h11-13H,5-10H2,1-4H3,(H2,18,19,21). The highest BCUT2D eigenvalue weighted by molar-refractivity contribution is 7.09. The van der Waals surface area contributed by atoms with Gasteiger partial charge in [0.25, 0.3) is 0 Å². The fourth-order valence-corrected chi connectivity index (χ4v) is 3.81. The van der Waals surface area contributed by atoms with E-state index in [2.05, 4.69) is 32.9 Å². The molecule has 1 heterocycles. The Labute approximate surface area is 148 Å². The zero-order valence-corrected chi connectivity index (χ0v) is 15.9. The summed E-state index contributed by atoms with van der Waals surface area (Å²) >= 11 is 1.70. The number of aromatic nitrogens is 1. The lowest BCUT2D eigenvalue weighted by Gasteiger charge is -2.31. The lowest BCUT2D eigenvalue weighted by atomic mass is 9.85. The van der Waals surface area contributed by atoms with Gasteiger partial charge in [-0.05, 0) is 25.7 Å². The van der Waals surface area contributed by atoms with Crippen molar-refractivity contribution >= 4 is 23.2 Å². The van der Waals surface area contributed by atoms with Crippen molar-refractivity contribution in [1.82, 2.24) is 20.5 Å². The number of rotatable bonds is 5. The van der Waals surface area contributed by atoms with Crippen LogP contribution in [0.2, 0.25) is 0 Å². The molecule has 2 rings (SSSR count). The van der Waals surface area contributed by atoms with Crippen molar-refractivity contribution in [3.05, 3.63) is 16.1 Å². The molecule has 1 fully saturated rings. The summed E-state index contributed by atoms with van der Waals surface area (Å²) in [4.78, 5) is 22.8. The summed E-state index contributed by atoms with van der Waals surface area (Å²) in [6.07, 6.45) is 4.98. The Balaban J connectivity index is 1.84. The van der Waals surface area contributed by atoms with Crippen molar-refractivity contribution in [3.63, 3.8) is 0 Å². The highest BCUT2D eigenvalue weighted by Gasteiger charge is 2.28. The van der Waals surface area contributed by atoms with E-state index < -0.39 is 0 Å². The summed E-state index contributed by atoms with van der Waals surface area (Å²) in [5, 5.41) is 10.0. The van der Waals surface area contributed by atoms with Gasteiger partial charge < -0.3 is 15.5 Å². The van der Waals surface area contributed by atoms with Crippen LogP contribution in [0.4, 0.5) is 0 Å². The number of hydrogen-bond acceptors (Lipinski definition) is 4. The van der Waals surface area contributed by atoms with Crippen LogP contribution in [0.15, 0.2) is 10.4 Å². The van der Waals surface area contributed by atoms with E-state index in [1.807, 2.05) is 14.1 Å². The molecule has 2 N–H and O–H groups in total. The summed E-state index contributed by atoms with van der Waals surface area (Å²) < 4.78 is 0. The van der Waals surface area contributed by atoms with Gasteiger partial charge in [-0.2, -0.15) is 0 Å². The fourth-order valence-electron chi connectivity index (χ4n) is 3.07. The number of aryl methyl sites for hydroxylation is 1. The molecule has 0 radical (unpaired) electrons. The summed E-state index contributed by atoms with van der Waals surface area (Å²) in [5.41, 5.74) is 1.05. The van der Waals surface area contributed by atoms with E-state index in [0.717, 1.165) is 48.8 Å². The van der Waals surface area contributed by atoms with E-state index in [1.165, 1.54) is 0 Å². The van der Waals surface area contributed by atoms with Gasteiger partial charge in [0.15, 0.2) is 5.96 Å². The predicted molar refractivity (Wildman–Crippen MR) is 99.3 cm³/mol. The molecule has 1 aromatic rings. The molecule has 0 bridgehead atoms. The Bertz CT molecular complexity index is 569. The molecule has 1 saturated carbocycles. The second-order valence-electron chi connectivity index (χ2n) is 6.45. The van der Waals surface area contributed by atoms with Crippen LogP contribution in [-0.2, 0) is 17.8 Å². The van der Waals surface area contributed by atoms with Crippen LogP contribution in [0.5, 0.6) is 0 Å². The number of thiazole rings is 1. The van der Waals surface area contributed by atoms with Gasteiger partial charge in [0, 0.05) is 38.5 Å². The number of carbonyl (C=O) groups is 1. The van der Waals surface area contributed by atoms with Crippen molar-refractivity contribution in [1.29, 1.82) is 0 Å². The highest BCUT2D eigenvalue weighted by atomic mass is 32.1. The molecule has 134 valence electrons. The topological polar surface area (TPSA) is 69.6 Å². The zero-order valence-electron chi connectivity index (χ0n) is 15.1. The van der Waals surface area contributed by atoms with Gasteiger partial charge in [-0.15, -0.1) is 11.3 Å². The first-order valence-electron chi connectivity index (χ1n) is 8.65. The maximum Gasteiger partial charge on any atom is 0.225 e. The van der Waals surface area contributed by atoms with E-state index >= 15 is 0 Å². The number of nitrogens with one attached hydrogen (secondary N) is 2. The number of carbonyl (C=O) groups excluding carboxylic acids is 1. The Morgan fingerprint density at radius 3 is 2.88 bits per heavy atom. The predicted octanol–water partition coefficient (Wildman–Crippen LogP) is 2.02. The first-order chi connectivity index (χ1) is 11.5. The SMILES string of the molecule is CCc1nc(CNC(=NC)NC2CCCC(C(=O)N(C)C)C2)cs1. The van der Waals surface area contributed by atoms with Gasteiger partial charge in [0.05, 0.1) is 17.2 Å².